The lowest BCUT2D eigenvalue weighted by Crippen LogP contribution is -1.90. The summed E-state index contributed by atoms with van der Waals surface area (Å²) in [7, 11) is 0. The largest absolute Gasteiger partial charge is 0.277 e. The van der Waals surface area contributed by atoms with Crippen molar-refractivity contribution in [2.45, 2.75) is 0 Å². The van der Waals surface area contributed by atoms with Crippen LogP contribution in [0.3, 0.4) is 0 Å². The lowest BCUT2D eigenvalue weighted by atomic mass is 10.0. The lowest BCUT2D eigenvalue weighted by Gasteiger charge is -2.05. The minimum Gasteiger partial charge on any atom is -0.258 e. The minimum atomic E-state index is -0.331. The van der Waals surface area contributed by atoms with Gasteiger partial charge in [-0.15, -0.1) is 0 Å². The Balaban J connectivity index is 2.60. The predicted molar refractivity (Wildman–Crippen MR) is 75.8 cm³/mol. The second-order valence-corrected chi connectivity index (χ2v) is 4.89. The van der Waals surface area contributed by atoms with Gasteiger partial charge in [-0.3, -0.25) is 10.1 Å². The van der Waals surface area contributed by atoms with E-state index in [1.54, 1.807) is 12.1 Å². The molecule has 0 atom stereocenters. The van der Waals surface area contributed by atoms with Gasteiger partial charge in [0.2, 0.25) is 0 Å². The van der Waals surface area contributed by atoms with E-state index in [2.05, 4.69) is 15.9 Å². The van der Waals surface area contributed by atoms with Crippen LogP contribution in [0.2, 0.25) is 0 Å². The zero-order valence-corrected chi connectivity index (χ0v) is 10.8. The van der Waals surface area contributed by atoms with Crippen LogP contribution in [0.15, 0.2) is 53.0 Å². The van der Waals surface area contributed by atoms with E-state index in [9.17, 15) is 10.1 Å². The molecule has 0 amide bonds. The molecule has 0 saturated carbocycles. The van der Waals surface area contributed by atoms with Crippen LogP contribution in [0.1, 0.15) is 0 Å². The summed E-state index contributed by atoms with van der Waals surface area (Å²) in [6.45, 7) is 0. The van der Waals surface area contributed by atoms with Gasteiger partial charge < -0.3 is 0 Å². The second-order valence-electron chi connectivity index (χ2n) is 4.03. The van der Waals surface area contributed by atoms with Gasteiger partial charge in [-0.1, -0.05) is 52.3 Å². The molecule has 0 aliphatic rings. The van der Waals surface area contributed by atoms with Crippen LogP contribution in [0.5, 0.6) is 0 Å². The molecule has 88 valence electrons. The van der Waals surface area contributed by atoms with Crippen molar-refractivity contribution in [2.24, 2.45) is 0 Å². The Hall–Kier alpha value is -1.94. The van der Waals surface area contributed by atoms with Gasteiger partial charge in [-0.05, 0) is 22.2 Å². The van der Waals surface area contributed by atoms with E-state index < -0.39 is 0 Å². The molecule has 0 heterocycles. The summed E-state index contributed by atoms with van der Waals surface area (Å²) in [5, 5.41) is 14.6. The molecule has 0 spiro atoms. The van der Waals surface area contributed by atoms with Gasteiger partial charge in [-0.25, -0.2) is 0 Å². The van der Waals surface area contributed by atoms with Crippen LogP contribution in [-0.2, 0) is 0 Å². The van der Waals surface area contributed by atoms with Crippen LogP contribution in [0.4, 0.5) is 5.69 Å². The summed E-state index contributed by atoms with van der Waals surface area (Å²) in [6, 6.07) is 14.8. The Bertz CT molecular complexity index is 783. The number of non-ortho nitro benzene ring substituents is 1. The van der Waals surface area contributed by atoms with Crippen molar-refractivity contribution in [3.05, 3.63) is 63.1 Å². The number of hydrogen-bond acceptors (Lipinski definition) is 2. The average molecular weight is 302 g/mol. The van der Waals surface area contributed by atoms with Crippen molar-refractivity contribution in [1.29, 1.82) is 0 Å². The molecule has 3 aromatic carbocycles. The van der Waals surface area contributed by atoms with Gasteiger partial charge in [0, 0.05) is 10.5 Å². The zero-order valence-electron chi connectivity index (χ0n) is 9.26. The third-order valence-corrected chi connectivity index (χ3v) is 3.71. The number of fused-ring (bicyclic) bond motifs is 3. The van der Waals surface area contributed by atoms with Crippen LogP contribution in [0, 0.1) is 10.1 Å². The first-order chi connectivity index (χ1) is 8.68. The average Bonchev–Trinajstić information content (AvgIpc) is 2.38. The smallest absolute Gasteiger partial charge is 0.258 e. The maximum Gasteiger partial charge on any atom is 0.277 e. The Morgan fingerprint density at radius 2 is 1.72 bits per heavy atom. The lowest BCUT2D eigenvalue weighted by molar-refractivity contribution is -0.383. The van der Waals surface area contributed by atoms with Crippen LogP contribution in [0.25, 0.3) is 21.5 Å². The van der Waals surface area contributed by atoms with Gasteiger partial charge in [0.25, 0.3) is 5.69 Å². The summed E-state index contributed by atoms with van der Waals surface area (Å²) in [5.41, 5.74) is 0.149. The number of rotatable bonds is 1. The van der Waals surface area contributed by atoms with Crippen LogP contribution in [-0.4, -0.2) is 4.92 Å². The zero-order chi connectivity index (χ0) is 12.7. The molecule has 3 aromatic rings. The minimum absolute atomic E-state index is 0.149. The van der Waals surface area contributed by atoms with Crippen molar-refractivity contribution in [2.75, 3.05) is 0 Å². The summed E-state index contributed by atoms with van der Waals surface area (Å²) in [6.07, 6.45) is 0. The van der Waals surface area contributed by atoms with E-state index in [0.29, 0.717) is 5.39 Å². The predicted octanol–water partition coefficient (Wildman–Crippen LogP) is 4.66. The first kappa shape index (κ1) is 11.2. The van der Waals surface area contributed by atoms with E-state index in [4.69, 9.17) is 0 Å². The molecule has 0 bridgehead atoms. The number of nitro benzene ring substituents is 1. The highest BCUT2D eigenvalue weighted by atomic mass is 79.9. The Kier molecular flexibility index (Phi) is 2.52. The van der Waals surface area contributed by atoms with Gasteiger partial charge in [0.1, 0.15) is 0 Å². The molecule has 0 saturated heterocycles. The number of hydrogen-bond donors (Lipinski definition) is 0. The third-order valence-electron chi connectivity index (χ3n) is 3.02. The topological polar surface area (TPSA) is 43.1 Å². The highest BCUT2D eigenvalue weighted by Gasteiger charge is 2.14. The fraction of sp³-hybridized carbons (Fsp3) is 0. The van der Waals surface area contributed by atoms with Crippen molar-refractivity contribution >= 4 is 43.2 Å². The molecule has 4 heteroatoms. The van der Waals surface area contributed by atoms with Crippen molar-refractivity contribution in [3.63, 3.8) is 0 Å². The molecule has 0 fully saturated rings. The first-order valence-electron chi connectivity index (χ1n) is 5.43. The van der Waals surface area contributed by atoms with E-state index in [0.717, 1.165) is 20.6 Å². The quantitative estimate of drug-likeness (QED) is 0.372. The van der Waals surface area contributed by atoms with Gasteiger partial charge >= 0.3 is 0 Å². The molecule has 0 aliphatic carbocycles. The number of halogens is 1. The highest BCUT2D eigenvalue weighted by molar-refractivity contribution is 9.10. The number of benzene rings is 3. The van der Waals surface area contributed by atoms with Crippen molar-refractivity contribution < 1.29 is 4.92 Å². The first-order valence-corrected chi connectivity index (χ1v) is 6.22. The maximum atomic E-state index is 11.1. The molecule has 0 radical (unpaired) electrons. The fourth-order valence-electron chi connectivity index (χ4n) is 2.24. The maximum absolute atomic E-state index is 11.1. The number of nitrogens with zero attached hydrogens (tertiary/aromatic N) is 1. The van der Waals surface area contributed by atoms with Crippen molar-refractivity contribution in [3.8, 4) is 0 Å². The highest BCUT2D eigenvalue weighted by Crippen LogP contribution is 2.35. The normalized spacial score (nSPS) is 10.9. The van der Waals surface area contributed by atoms with E-state index in [1.165, 1.54) is 0 Å². The SMILES string of the molecule is O=[N+]([O-])c1cccc2ccc3c(Br)cccc3c12. The third kappa shape index (κ3) is 1.57. The standard InChI is InChI=1S/C14H8BrNO2/c15-12-5-2-4-11-10(12)8-7-9-3-1-6-13(14(9)11)16(17)18/h1-8H. The molecule has 0 N–H and O–H groups in total. The van der Waals surface area contributed by atoms with Gasteiger partial charge in [-0.2, -0.15) is 0 Å². The van der Waals surface area contributed by atoms with Crippen LogP contribution >= 0.6 is 15.9 Å². The monoisotopic (exact) mass is 301 g/mol. The Labute approximate surface area is 111 Å². The fourth-order valence-corrected chi connectivity index (χ4v) is 2.74. The Morgan fingerprint density at radius 3 is 2.50 bits per heavy atom. The molecule has 3 rings (SSSR count). The molecule has 0 unspecified atom stereocenters. The van der Waals surface area contributed by atoms with Gasteiger partial charge in [0.05, 0.1) is 10.3 Å². The molecule has 18 heavy (non-hydrogen) atoms. The summed E-state index contributed by atoms with van der Waals surface area (Å²) < 4.78 is 0.944. The Morgan fingerprint density at radius 1 is 0.944 bits per heavy atom. The summed E-state index contributed by atoms with van der Waals surface area (Å²) in [4.78, 5) is 10.8. The van der Waals surface area contributed by atoms with E-state index in [1.807, 2.05) is 36.4 Å². The summed E-state index contributed by atoms with van der Waals surface area (Å²) in [5.74, 6) is 0. The summed E-state index contributed by atoms with van der Waals surface area (Å²) >= 11 is 3.47. The molecular weight excluding hydrogens is 294 g/mol. The van der Waals surface area contributed by atoms with Crippen LogP contribution < -0.4 is 0 Å². The molecule has 3 nitrogen and oxygen atoms in total. The van der Waals surface area contributed by atoms with E-state index in [-0.39, 0.29) is 10.6 Å². The molecule has 0 aliphatic heterocycles. The number of nitro groups is 1. The molecule has 0 aromatic heterocycles. The molecular formula is C14H8BrNO2. The van der Waals surface area contributed by atoms with Gasteiger partial charge in [0.15, 0.2) is 0 Å². The van der Waals surface area contributed by atoms with Crippen molar-refractivity contribution in [1.82, 2.24) is 0 Å². The van der Waals surface area contributed by atoms with E-state index >= 15 is 0 Å². The second kappa shape index (κ2) is 4.07.